The van der Waals surface area contributed by atoms with E-state index < -0.39 is 17.7 Å². The van der Waals surface area contributed by atoms with Crippen molar-refractivity contribution in [3.05, 3.63) is 70.3 Å². The van der Waals surface area contributed by atoms with E-state index in [9.17, 15) is 14.7 Å². The van der Waals surface area contributed by atoms with Crippen LogP contribution in [0.1, 0.15) is 68.8 Å². The Balaban J connectivity index is 2.27. The second-order valence-electron chi connectivity index (χ2n) is 9.37. The highest BCUT2D eigenvalue weighted by Gasteiger charge is 2.46. The number of ether oxygens (including phenoxy) is 1. The zero-order valence-electron chi connectivity index (χ0n) is 19.9. The number of aliphatic hydroxyl groups excluding tert-OH is 1. The quantitative estimate of drug-likeness (QED) is 0.368. The van der Waals surface area contributed by atoms with Crippen molar-refractivity contribution in [1.29, 1.82) is 0 Å². The smallest absolute Gasteiger partial charge is 0.295 e. The van der Waals surface area contributed by atoms with Gasteiger partial charge < -0.3 is 14.7 Å². The van der Waals surface area contributed by atoms with Crippen LogP contribution in [0, 0.1) is 6.92 Å². The number of hydrogen-bond donors (Lipinski definition) is 1. The summed E-state index contributed by atoms with van der Waals surface area (Å²) in [5.41, 5.74) is 3.14. The average Bonchev–Trinajstić information content (AvgIpc) is 3.01. The first kappa shape index (κ1) is 23.6. The molecule has 0 bridgehead atoms. The molecule has 1 fully saturated rings. The van der Waals surface area contributed by atoms with Gasteiger partial charge in [0.05, 0.1) is 18.7 Å². The standard InChI is InChI=1S/C27H33NO4/c1-7-8-15-28-23(19-11-9-10-12-21(19)32-6)22(25(30)26(28)31)24(29)20-16-18(27(3,4)5)14-13-17(20)2/h9-14,16,23,29H,7-8,15H2,1-6H3/b24-22+. The van der Waals surface area contributed by atoms with Crippen molar-refractivity contribution < 1.29 is 19.4 Å². The fraction of sp³-hybridized carbons (Fsp3) is 0.407. The number of benzene rings is 2. The Kier molecular flexibility index (Phi) is 6.77. The minimum Gasteiger partial charge on any atom is -0.507 e. The fourth-order valence-corrected chi connectivity index (χ4v) is 4.14. The first-order chi connectivity index (χ1) is 15.1. The van der Waals surface area contributed by atoms with E-state index in [0.717, 1.165) is 24.0 Å². The summed E-state index contributed by atoms with van der Waals surface area (Å²) < 4.78 is 5.55. The highest BCUT2D eigenvalue weighted by molar-refractivity contribution is 6.46. The van der Waals surface area contributed by atoms with Crippen LogP contribution >= 0.6 is 0 Å². The maximum absolute atomic E-state index is 13.2. The van der Waals surface area contributed by atoms with Gasteiger partial charge in [-0.3, -0.25) is 9.59 Å². The van der Waals surface area contributed by atoms with Crippen LogP contribution in [0.25, 0.3) is 5.76 Å². The molecule has 1 saturated heterocycles. The van der Waals surface area contributed by atoms with Gasteiger partial charge in [-0.2, -0.15) is 0 Å². The Bertz CT molecular complexity index is 1060. The molecule has 1 aliphatic rings. The molecule has 1 atom stereocenters. The molecular formula is C27H33NO4. The molecule has 32 heavy (non-hydrogen) atoms. The van der Waals surface area contributed by atoms with E-state index in [1.165, 1.54) is 0 Å². The van der Waals surface area contributed by atoms with Crippen LogP contribution in [0.3, 0.4) is 0 Å². The monoisotopic (exact) mass is 435 g/mol. The van der Waals surface area contributed by atoms with E-state index in [1.54, 1.807) is 18.1 Å². The van der Waals surface area contributed by atoms with E-state index in [1.807, 2.05) is 50.2 Å². The number of hydrogen-bond acceptors (Lipinski definition) is 4. The van der Waals surface area contributed by atoms with E-state index in [-0.39, 0.29) is 16.7 Å². The van der Waals surface area contributed by atoms with Crippen molar-refractivity contribution in [1.82, 2.24) is 4.90 Å². The highest BCUT2D eigenvalue weighted by atomic mass is 16.5. The molecule has 170 valence electrons. The molecule has 0 aromatic heterocycles. The lowest BCUT2D eigenvalue weighted by molar-refractivity contribution is -0.139. The molecule has 1 aliphatic heterocycles. The fourth-order valence-electron chi connectivity index (χ4n) is 4.14. The second kappa shape index (κ2) is 9.19. The van der Waals surface area contributed by atoms with Gasteiger partial charge in [0.1, 0.15) is 11.5 Å². The molecule has 2 aromatic rings. The molecule has 5 nitrogen and oxygen atoms in total. The highest BCUT2D eigenvalue weighted by Crippen LogP contribution is 2.43. The van der Waals surface area contributed by atoms with Gasteiger partial charge in [-0.1, -0.05) is 64.4 Å². The maximum atomic E-state index is 13.2. The molecule has 3 rings (SSSR count). The lowest BCUT2D eigenvalue weighted by Gasteiger charge is -2.27. The Morgan fingerprint density at radius 2 is 1.81 bits per heavy atom. The number of Topliss-reactive ketones (excluding diaryl/α,β-unsaturated/α-hetero) is 1. The van der Waals surface area contributed by atoms with Crippen LogP contribution in [0.5, 0.6) is 5.75 Å². The third-order valence-corrected chi connectivity index (χ3v) is 6.08. The first-order valence-electron chi connectivity index (χ1n) is 11.1. The first-order valence-corrected chi connectivity index (χ1v) is 11.1. The van der Waals surface area contributed by atoms with Gasteiger partial charge in [0.25, 0.3) is 11.7 Å². The largest absolute Gasteiger partial charge is 0.507 e. The number of ketones is 1. The van der Waals surface area contributed by atoms with E-state index >= 15 is 0 Å². The van der Waals surface area contributed by atoms with E-state index in [0.29, 0.717) is 23.4 Å². The Labute approximate surface area is 190 Å². The summed E-state index contributed by atoms with van der Waals surface area (Å²) in [4.78, 5) is 27.8. The summed E-state index contributed by atoms with van der Waals surface area (Å²) >= 11 is 0. The van der Waals surface area contributed by atoms with Crippen molar-refractivity contribution in [2.45, 2.75) is 58.9 Å². The minimum atomic E-state index is -0.699. The number of amides is 1. The van der Waals surface area contributed by atoms with Gasteiger partial charge in [0, 0.05) is 17.7 Å². The molecule has 1 amide bonds. The van der Waals surface area contributed by atoms with Gasteiger partial charge in [-0.15, -0.1) is 0 Å². The molecule has 1 unspecified atom stereocenters. The number of para-hydroxylation sites is 1. The molecular weight excluding hydrogens is 402 g/mol. The van der Waals surface area contributed by atoms with Gasteiger partial charge >= 0.3 is 0 Å². The lowest BCUT2D eigenvalue weighted by atomic mass is 9.84. The third kappa shape index (κ3) is 4.29. The summed E-state index contributed by atoms with van der Waals surface area (Å²) in [5, 5.41) is 11.5. The van der Waals surface area contributed by atoms with Gasteiger partial charge in [-0.05, 0) is 42.0 Å². The van der Waals surface area contributed by atoms with Crippen LogP contribution in [-0.4, -0.2) is 35.4 Å². The normalized spacial score (nSPS) is 18.3. The second-order valence-corrected chi connectivity index (χ2v) is 9.37. The predicted octanol–water partition coefficient (Wildman–Crippen LogP) is 5.52. The Morgan fingerprint density at radius 3 is 2.44 bits per heavy atom. The van der Waals surface area contributed by atoms with Crippen molar-refractivity contribution >= 4 is 17.4 Å². The van der Waals surface area contributed by atoms with Crippen LogP contribution in [0.15, 0.2) is 48.0 Å². The molecule has 0 radical (unpaired) electrons. The zero-order chi connectivity index (χ0) is 23.6. The van der Waals surface area contributed by atoms with Crippen LogP contribution in [-0.2, 0) is 15.0 Å². The van der Waals surface area contributed by atoms with Crippen LogP contribution in [0.2, 0.25) is 0 Å². The number of rotatable bonds is 6. The van der Waals surface area contributed by atoms with E-state index in [2.05, 4.69) is 20.8 Å². The summed E-state index contributed by atoms with van der Waals surface area (Å²) in [5.74, 6) is -0.801. The van der Waals surface area contributed by atoms with Crippen molar-refractivity contribution in [2.24, 2.45) is 0 Å². The molecule has 2 aromatic carbocycles. The summed E-state index contributed by atoms with van der Waals surface area (Å²) in [6.45, 7) is 10.7. The molecule has 1 heterocycles. The number of carbonyl (C=O) groups is 2. The number of aliphatic hydroxyl groups is 1. The molecule has 0 spiro atoms. The Morgan fingerprint density at radius 1 is 1.12 bits per heavy atom. The van der Waals surface area contributed by atoms with E-state index in [4.69, 9.17) is 4.74 Å². The molecule has 5 heteroatoms. The predicted molar refractivity (Wildman–Crippen MR) is 127 cm³/mol. The SMILES string of the molecule is CCCCN1C(=O)C(=O)/C(=C(/O)c2cc(C(C)(C)C)ccc2C)C1c1ccccc1OC. The number of unbranched alkanes of at least 4 members (excludes halogenated alkanes) is 1. The Hall–Kier alpha value is -3.08. The topological polar surface area (TPSA) is 66.8 Å². The van der Waals surface area contributed by atoms with Gasteiger partial charge in [0.2, 0.25) is 0 Å². The number of likely N-dealkylation sites (tertiary alicyclic amines) is 1. The van der Waals surface area contributed by atoms with Gasteiger partial charge in [-0.25, -0.2) is 0 Å². The van der Waals surface area contributed by atoms with Crippen LogP contribution < -0.4 is 4.74 Å². The number of nitrogens with zero attached hydrogens (tertiary/aromatic N) is 1. The van der Waals surface area contributed by atoms with Crippen molar-refractivity contribution in [2.75, 3.05) is 13.7 Å². The maximum Gasteiger partial charge on any atom is 0.295 e. The summed E-state index contributed by atoms with van der Waals surface area (Å²) in [7, 11) is 1.56. The van der Waals surface area contributed by atoms with Crippen molar-refractivity contribution in [3.63, 3.8) is 0 Å². The molecule has 1 N–H and O–H groups in total. The third-order valence-electron chi connectivity index (χ3n) is 6.08. The summed E-state index contributed by atoms with van der Waals surface area (Å²) in [6, 6.07) is 12.5. The average molecular weight is 436 g/mol. The molecule has 0 aliphatic carbocycles. The number of aryl methyl sites for hydroxylation is 1. The van der Waals surface area contributed by atoms with Crippen LogP contribution in [0.4, 0.5) is 0 Å². The zero-order valence-corrected chi connectivity index (χ0v) is 19.9. The summed E-state index contributed by atoms with van der Waals surface area (Å²) in [6.07, 6.45) is 1.64. The number of methoxy groups -OCH3 is 1. The molecule has 0 saturated carbocycles. The van der Waals surface area contributed by atoms with Crippen molar-refractivity contribution in [3.8, 4) is 5.75 Å². The minimum absolute atomic E-state index is 0.116. The number of carbonyl (C=O) groups excluding carboxylic acids is 2. The lowest BCUT2D eigenvalue weighted by Crippen LogP contribution is -2.30. The van der Waals surface area contributed by atoms with Gasteiger partial charge in [0.15, 0.2) is 0 Å².